The van der Waals surface area contributed by atoms with E-state index < -0.39 is 36.1 Å². The van der Waals surface area contributed by atoms with Crippen LogP contribution in [0.4, 0.5) is 22.8 Å². The van der Waals surface area contributed by atoms with Crippen LogP contribution in [0.3, 0.4) is 0 Å². The Labute approximate surface area is 235 Å². The van der Waals surface area contributed by atoms with Crippen LogP contribution in [0, 0.1) is 5.82 Å². The van der Waals surface area contributed by atoms with Crippen molar-refractivity contribution in [2.24, 2.45) is 15.7 Å². The molecule has 40 heavy (non-hydrogen) atoms. The van der Waals surface area contributed by atoms with Crippen LogP contribution in [-0.2, 0) is 9.47 Å². The number of ether oxygens (including phenoxy) is 2. The number of amidine groups is 1. The molecule has 2 amide bonds. The third kappa shape index (κ3) is 6.71. The van der Waals surface area contributed by atoms with E-state index in [1.54, 1.807) is 11.6 Å². The average molecular weight is 598 g/mol. The summed E-state index contributed by atoms with van der Waals surface area (Å²) in [6, 6.07) is 2.77. The minimum Gasteiger partial charge on any atom is -0.447 e. The smallest absolute Gasteiger partial charge is 0.407 e. The van der Waals surface area contributed by atoms with Crippen LogP contribution in [0.2, 0.25) is 5.02 Å². The zero-order valence-corrected chi connectivity index (χ0v) is 22.4. The van der Waals surface area contributed by atoms with E-state index in [0.717, 1.165) is 18.4 Å². The maximum Gasteiger partial charge on any atom is 0.407 e. The number of carbonyl (C=O) groups excluding carboxylic acids is 2. The highest BCUT2D eigenvalue weighted by molar-refractivity contribution is 7.11. The summed E-state index contributed by atoms with van der Waals surface area (Å²) in [5.41, 5.74) is 6.11. The van der Waals surface area contributed by atoms with E-state index in [-0.39, 0.29) is 35.9 Å². The molecule has 2 aromatic rings. The van der Waals surface area contributed by atoms with Crippen LogP contribution in [-0.4, -0.2) is 61.6 Å². The minimum atomic E-state index is -2.96. The number of cyclic esters (lactones) is 1. The first-order valence-corrected chi connectivity index (χ1v) is 12.9. The first-order chi connectivity index (χ1) is 19.1. The third-order valence-corrected chi connectivity index (χ3v) is 6.93. The Morgan fingerprint density at radius 1 is 1.48 bits per heavy atom. The van der Waals surface area contributed by atoms with Crippen LogP contribution >= 0.6 is 22.9 Å². The summed E-state index contributed by atoms with van der Waals surface area (Å²) < 4.78 is 49.8. The van der Waals surface area contributed by atoms with Crippen LogP contribution < -0.4 is 21.7 Å². The highest BCUT2D eigenvalue weighted by Crippen LogP contribution is 2.40. The third-order valence-electron chi connectivity index (χ3n) is 5.83. The molecule has 0 aliphatic carbocycles. The van der Waals surface area contributed by atoms with E-state index in [1.807, 2.05) is 0 Å². The number of aliphatic imine (C=N–C) groups is 2. The van der Waals surface area contributed by atoms with Crippen molar-refractivity contribution in [2.75, 3.05) is 20.3 Å². The van der Waals surface area contributed by atoms with Gasteiger partial charge in [0.1, 0.15) is 30.6 Å². The van der Waals surface area contributed by atoms with Crippen molar-refractivity contribution in [1.82, 2.24) is 20.9 Å². The van der Waals surface area contributed by atoms with Gasteiger partial charge in [0.2, 0.25) is 0 Å². The number of halogens is 4. The zero-order chi connectivity index (χ0) is 28.9. The van der Waals surface area contributed by atoms with Gasteiger partial charge in [-0.2, -0.15) is 8.78 Å². The molecule has 1 fully saturated rings. The lowest BCUT2D eigenvalue weighted by Crippen LogP contribution is -2.51. The highest BCUT2D eigenvalue weighted by atomic mass is 35.5. The van der Waals surface area contributed by atoms with Gasteiger partial charge in [0, 0.05) is 58.8 Å². The number of carbonyl (C=O) groups is 2. The topological polar surface area (TPSA) is 152 Å². The molecule has 0 bridgehead atoms. The van der Waals surface area contributed by atoms with Crippen molar-refractivity contribution >= 4 is 47.2 Å². The van der Waals surface area contributed by atoms with Gasteiger partial charge in [-0.15, -0.1) is 11.3 Å². The summed E-state index contributed by atoms with van der Waals surface area (Å²) >= 11 is 7.70. The molecule has 0 radical (unpaired) electrons. The minimum absolute atomic E-state index is 0.0214. The second-order valence-corrected chi connectivity index (χ2v) is 9.88. The standard InChI is InChI=1S/C24H23ClF3N7O4S/c1-30-22(36)38-10-24(11-39-23(37)35-24)9-16-17(15(29)4-5-32-21(27)28)18(13-3-2-12(26)8-14(13)25)34-19(33-16)20-31-6-7-40-20/h2-8,18,21H,9-11,29H2,1H3,(H,30,36)(H,33,34)(H,35,37)/t18-,24+/m0/s1. The Bertz CT molecular complexity index is 1400. The number of amides is 2. The molecule has 11 nitrogen and oxygen atoms in total. The monoisotopic (exact) mass is 597 g/mol. The first-order valence-electron chi connectivity index (χ1n) is 11.6. The molecule has 5 N–H and O–H groups in total. The summed E-state index contributed by atoms with van der Waals surface area (Å²) in [4.78, 5) is 36.0. The zero-order valence-electron chi connectivity index (χ0n) is 20.8. The Kier molecular flexibility index (Phi) is 8.94. The molecule has 1 saturated heterocycles. The molecule has 0 unspecified atom stereocenters. The van der Waals surface area contributed by atoms with E-state index in [0.29, 0.717) is 22.1 Å². The van der Waals surface area contributed by atoms with Gasteiger partial charge in [-0.1, -0.05) is 17.7 Å². The fourth-order valence-corrected chi connectivity index (χ4v) is 4.94. The SMILES string of the molecule is CNC(=O)OC[C@]1(CC2=C(C(N)=CC=NC(F)F)[C@H](c3ccc(F)cc3Cl)N=C(c3nccs3)N2)COC(=O)N1. The molecular formula is C24H23ClF3N7O4S. The number of thiazole rings is 1. The number of alkyl halides is 2. The number of benzene rings is 1. The van der Waals surface area contributed by atoms with Gasteiger partial charge in [0.25, 0.3) is 0 Å². The molecule has 0 saturated carbocycles. The van der Waals surface area contributed by atoms with E-state index in [1.165, 1.54) is 30.5 Å². The molecule has 2 aliphatic heterocycles. The van der Waals surface area contributed by atoms with Crippen molar-refractivity contribution < 1.29 is 32.2 Å². The van der Waals surface area contributed by atoms with Gasteiger partial charge in [-0.3, -0.25) is 4.99 Å². The number of alkyl carbamates (subject to hydrolysis) is 2. The fraction of sp³-hybridized carbons (Fsp3) is 0.292. The molecule has 212 valence electrons. The van der Waals surface area contributed by atoms with Crippen molar-refractivity contribution in [3.8, 4) is 0 Å². The Balaban J connectivity index is 1.88. The summed E-state index contributed by atoms with van der Waals surface area (Å²) in [6.45, 7) is -3.43. The molecular weight excluding hydrogens is 575 g/mol. The van der Waals surface area contributed by atoms with Crippen molar-refractivity contribution in [3.63, 3.8) is 0 Å². The number of hydrogen-bond acceptors (Lipinski definition) is 10. The average Bonchev–Trinajstić information content (AvgIpc) is 3.57. The fourth-order valence-electron chi connectivity index (χ4n) is 4.08. The predicted molar refractivity (Wildman–Crippen MR) is 142 cm³/mol. The molecule has 1 aromatic carbocycles. The van der Waals surface area contributed by atoms with Gasteiger partial charge >= 0.3 is 18.7 Å². The maximum absolute atomic E-state index is 13.9. The van der Waals surface area contributed by atoms with Crippen molar-refractivity contribution in [1.29, 1.82) is 0 Å². The second kappa shape index (κ2) is 12.4. The second-order valence-electron chi connectivity index (χ2n) is 8.58. The number of allylic oxidation sites excluding steroid dienone is 1. The van der Waals surface area contributed by atoms with Crippen LogP contribution in [0.25, 0.3) is 0 Å². The Hall–Kier alpha value is -4.11. The number of rotatable bonds is 9. The molecule has 4 rings (SSSR count). The van der Waals surface area contributed by atoms with Crippen LogP contribution in [0.1, 0.15) is 23.0 Å². The normalized spacial score (nSPS) is 21.2. The molecule has 0 spiro atoms. The molecule has 3 heterocycles. The lowest BCUT2D eigenvalue weighted by atomic mass is 9.87. The number of hydrogen-bond donors (Lipinski definition) is 4. The molecule has 2 aliphatic rings. The quantitative estimate of drug-likeness (QED) is 0.254. The van der Waals surface area contributed by atoms with E-state index >= 15 is 0 Å². The van der Waals surface area contributed by atoms with Gasteiger partial charge in [0.15, 0.2) is 10.8 Å². The Morgan fingerprint density at radius 3 is 2.90 bits per heavy atom. The van der Waals surface area contributed by atoms with Crippen molar-refractivity contribution in [3.05, 3.63) is 74.2 Å². The molecule has 2 atom stereocenters. The Morgan fingerprint density at radius 2 is 2.27 bits per heavy atom. The van der Waals surface area contributed by atoms with Gasteiger partial charge in [-0.05, 0) is 18.2 Å². The van der Waals surface area contributed by atoms with Crippen molar-refractivity contribution in [2.45, 2.75) is 24.6 Å². The van der Waals surface area contributed by atoms with E-state index in [4.69, 9.17) is 31.8 Å². The number of aromatic nitrogens is 1. The van der Waals surface area contributed by atoms with Crippen LogP contribution in [0.5, 0.6) is 0 Å². The number of nitrogens with zero attached hydrogens (tertiary/aromatic N) is 3. The van der Waals surface area contributed by atoms with Crippen LogP contribution in [0.15, 0.2) is 62.8 Å². The molecule has 1 aromatic heterocycles. The summed E-state index contributed by atoms with van der Waals surface area (Å²) in [5.74, 6) is -0.276. The predicted octanol–water partition coefficient (Wildman–Crippen LogP) is 3.64. The summed E-state index contributed by atoms with van der Waals surface area (Å²) in [5, 5.41) is 10.4. The summed E-state index contributed by atoms with van der Waals surface area (Å²) in [7, 11) is 1.38. The molecule has 16 heteroatoms. The highest BCUT2D eigenvalue weighted by Gasteiger charge is 2.44. The lowest BCUT2D eigenvalue weighted by Gasteiger charge is -2.33. The lowest BCUT2D eigenvalue weighted by molar-refractivity contribution is 0.102. The summed E-state index contributed by atoms with van der Waals surface area (Å²) in [6.07, 6.45) is 2.05. The number of nitrogens with one attached hydrogen (secondary N) is 3. The number of nitrogens with two attached hydrogens (primary N) is 1. The van der Waals surface area contributed by atoms with Gasteiger partial charge < -0.3 is 31.2 Å². The van der Waals surface area contributed by atoms with E-state index in [2.05, 4.69) is 25.9 Å². The largest absolute Gasteiger partial charge is 0.447 e. The maximum atomic E-state index is 13.9. The van der Waals surface area contributed by atoms with Gasteiger partial charge in [0.05, 0.1) is 0 Å². The first kappa shape index (κ1) is 28.9. The van der Waals surface area contributed by atoms with Gasteiger partial charge in [-0.25, -0.2) is 24.0 Å². The van der Waals surface area contributed by atoms with E-state index in [9.17, 15) is 22.8 Å².